The number of aromatic amines is 1. The Morgan fingerprint density at radius 3 is 2.78 bits per heavy atom. The van der Waals surface area contributed by atoms with E-state index in [1.807, 2.05) is 24.4 Å². The minimum atomic E-state index is -3.07. The summed E-state index contributed by atoms with van der Waals surface area (Å²) in [6.07, 6.45) is 6.24. The molecule has 2 aliphatic rings. The van der Waals surface area contributed by atoms with E-state index in [1.165, 1.54) is 10.9 Å². The Morgan fingerprint density at radius 2 is 1.96 bits per heavy atom. The zero-order valence-electron chi connectivity index (χ0n) is 15.5. The van der Waals surface area contributed by atoms with Gasteiger partial charge in [0, 0.05) is 29.6 Å². The number of benzene rings is 1. The topological polar surface area (TPSA) is 82.3 Å². The second-order valence-corrected chi connectivity index (χ2v) is 9.93. The number of hydrogen-bond donors (Lipinski definition) is 2. The first-order valence-corrected chi connectivity index (χ1v) is 11.6. The van der Waals surface area contributed by atoms with Crippen molar-refractivity contribution in [2.45, 2.75) is 44.2 Å². The van der Waals surface area contributed by atoms with Crippen LogP contribution in [0.3, 0.4) is 0 Å². The van der Waals surface area contributed by atoms with Crippen LogP contribution < -0.4 is 5.32 Å². The molecule has 2 saturated heterocycles. The van der Waals surface area contributed by atoms with Crippen molar-refractivity contribution in [3.05, 3.63) is 36.0 Å². The van der Waals surface area contributed by atoms with E-state index in [9.17, 15) is 13.2 Å². The van der Waals surface area contributed by atoms with Crippen LogP contribution in [0.5, 0.6) is 0 Å². The summed E-state index contributed by atoms with van der Waals surface area (Å²) in [7, 11) is -3.07. The van der Waals surface area contributed by atoms with Gasteiger partial charge in [-0.1, -0.05) is 18.2 Å². The lowest BCUT2D eigenvalue weighted by molar-refractivity contribution is -0.122. The molecular weight excluding hydrogens is 362 g/mol. The number of nitrogens with one attached hydrogen (secondary N) is 2. The van der Waals surface area contributed by atoms with Crippen LogP contribution in [0, 0.1) is 0 Å². The number of H-pyrrole nitrogens is 1. The summed E-state index contributed by atoms with van der Waals surface area (Å²) in [6, 6.07) is 7.83. The van der Waals surface area contributed by atoms with E-state index in [4.69, 9.17) is 0 Å². The molecule has 1 amide bonds. The number of fused-ring (bicyclic) bond motifs is 1. The van der Waals surface area contributed by atoms with Crippen molar-refractivity contribution in [2.24, 2.45) is 0 Å². The average Bonchev–Trinajstić information content (AvgIpc) is 3.34. The third-order valence-corrected chi connectivity index (χ3v) is 7.52. The Balaban J connectivity index is 1.31. The highest BCUT2D eigenvalue weighted by molar-refractivity contribution is 7.91. The number of carbonyl (C=O) groups excluding carboxylic acids is 1. The fourth-order valence-electron chi connectivity index (χ4n) is 4.46. The van der Waals surface area contributed by atoms with E-state index in [2.05, 4.69) is 21.3 Å². The van der Waals surface area contributed by atoms with Crippen LogP contribution in [-0.2, 0) is 21.1 Å². The molecule has 4 rings (SSSR count). The van der Waals surface area contributed by atoms with Crippen LogP contribution in [0.15, 0.2) is 30.5 Å². The first-order chi connectivity index (χ1) is 13.0. The number of rotatable bonds is 6. The van der Waals surface area contributed by atoms with Gasteiger partial charge in [0.1, 0.15) is 0 Å². The first kappa shape index (κ1) is 18.5. The lowest BCUT2D eigenvalue weighted by atomic mass is 10.1. The van der Waals surface area contributed by atoms with Gasteiger partial charge in [-0.05, 0) is 50.4 Å². The van der Waals surface area contributed by atoms with E-state index >= 15 is 0 Å². The molecule has 146 valence electrons. The van der Waals surface area contributed by atoms with E-state index in [1.54, 1.807) is 0 Å². The van der Waals surface area contributed by atoms with Crippen molar-refractivity contribution in [3.63, 3.8) is 0 Å². The molecule has 0 saturated carbocycles. The van der Waals surface area contributed by atoms with Crippen molar-refractivity contribution in [2.75, 3.05) is 24.6 Å². The standard InChI is InChI=1S/C20H27N3O3S/c24-20(9-5-6-15-12-21-17-8-2-1-7-16(15)17)22-18-13-27(25,26)14-19(18)23-10-3-4-11-23/h1-2,7-8,12,18-19,21H,3-6,9-11,13-14H2,(H,22,24). The number of amides is 1. The number of carbonyl (C=O) groups is 1. The number of hydrogen-bond acceptors (Lipinski definition) is 4. The van der Waals surface area contributed by atoms with Gasteiger partial charge < -0.3 is 10.3 Å². The summed E-state index contributed by atoms with van der Waals surface area (Å²) < 4.78 is 24.2. The zero-order chi connectivity index (χ0) is 18.9. The van der Waals surface area contributed by atoms with Crippen LogP contribution in [0.1, 0.15) is 31.2 Å². The molecule has 1 aromatic heterocycles. The molecule has 2 aliphatic heterocycles. The maximum absolute atomic E-state index is 12.4. The average molecular weight is 390 g/mol. The minimum absolute atomic E-state index is 0.0406. The minimum Gasteiger partial charge on any atom is -0.361 e. The maximum Gasteiger partial charge on any atom is 0.220 e. The number of para-hydroxylation sites is 1. The molecule has 0 bridgehead atoms. The van der Waals surface area contributed by atoms with E-state index in [0.29, 0.717) is 6.42 Å². The molecule has 0 radical (unpaired) electrons. The second kappa shape index (κ2) is 7.64. The Labute approximate surface area is 160 Å². The molecule has 2 unspecified atom stereocenters. The zero-order valence-corrected chi connectivity index (χ0v) is 16.3. The lowest BCUT2D eigenvalue weighted by Crippen LogP contribution is -2.50. The van der Waals surface area contributed by atoms with Crippen molar-refractivity contribution in [1.29, 1.82) is 0 Å². The molecule has 2 N–H and O–H groups in total. The Hall–Kier alpha value is -1.86. The molecule has 6 nitrogen and oxygen atoms in total. The number of likely N-dealkylation sites (tertiary alicyclic amines) is 1. The van der Waals surface area contributed by atoms with Gasteiger partial charge in [-0.25, -0.2) is 8.42 Å². The molecule has 0 spiro atoms. The monoisotopic (exact) mass is 389 g/mol. The van der Waals surface area contributed by atoms with Crippen LogP contribution in [0.25, 0.3) is 10.9 Å². The van der Waals surface area contributed by atoms with Gasteiger partial charge in [0.25, 0.3) is 0 Å². The van der Waals surface area contributed by atoms with Gasteiger partial charge in [0.15, 0.2) is 9.84 Å². The number of sulfone groups is 1. The van der Waals surface area contributed by atoms with Gasteiger partial charge in [0.05, 0.1) is 17.5 Å². The summed E-state index contributed by atoms with van der Waals surface area (Å²) in [5.74, 6) is 0.205. The van der Waals surface area contributed by atoms with Crippen LogP contribution in [-0.4, -0.2) is 60.9 Å². The summed E-state index contributed by atoms with van der Waals surface area (Å²) in [5.41, 5.74) is 2.33. The Morgan fingerprint density at radius 1 is 1.19 bits per heavy atom. The normalized spacial score (nSPS) is 25.2. The summed E-state index contributed by atoms with van der Waals surface area (Å²) in [6.45, 7) is 1.88. The predicted octanol–water partition coefficient (Wildman–Crippen LogP) is 1.87. The number of nitrogens with zero attached hydrogens (tertiary/aromatic N) is 1. The van der Waals surface area contributed by atoms with Crippen molar-refractivity contribution in [3.8, 4) is 0 Å². The SMILES string of the molecule is O=C(CCCc1c[nH]c2ccccc12)NC1CS(=O)(=O)CC1N1CCCC1. The third kappa shape index (κ3) is 4.19. The molecule has 27 heavy (non-hydrogen) atoms. The summed E-state index contributed by atoms with van der Waals surface area (Å²) in [5, 5.41) is 4.21. The summed E-state index contributed by atoms with van der Waals surface area (Å²) in [4.78, 5) is 17.9. The first-order valence-electron chi connectivity index (χ1n) is 9.81. The largest absolute Gasteiger partial charge is 0.361 e. The quantitative estimate of drug-likeness (QED) is 0.790. The molecular formula is C20H27N3O3S. The smallest absolute Gasteiger partial charge is 0.220 e. The lowest BCUT2D eigenvalue weighted by Gasteiger charge is -2.28. The van der Waals surface area contributed by atoms with Crippen LogP contribution in [0.2, 0.25) is 0 Å². The number of aromatic nitrogens is 1. The van der Waals surface area contributed by atoms with Crippen molar-refractivity contribution >= 4 is 26.6 Å². The fourth-order valence-corrected chi connectivity index (χ4v) is 6.41. The van der Waals surface area contributed by atoms with Gasteiger partial charge in [-0.15, -0.1) is 0 Å². The molecule has 3 heterocycles. The Kier molecular flexibility index (Phi) is 5.23. The molecule has 1 aromatic carbocycles. The molecule has 0 aliphatic carbocycles. The molecule has 2 atom stereocenters. The fraction of sp³-hybridized carbons (Fsp3) is 0.550. The van der Waals surface area contributed by atoms with Gasteiger partial charge in [-0.3, -0.25) is 9.69 Å². The van der Waals surface area contributed by atoms with E-state index in [0.717, 1.165) is 44.3 Å². The highest BCUT2D eigenvalue weighted by Crippen LogP contribution is 2.23. The molecule has 7 heteroatoms. The molecule has 2 aromatic rings. The molecule has 2 fully saturated rings. The van der Waals surface area contributed by atoms with E-state index in [-0.39, 0.29) is 29.5 Å². The summed E-state index contributed by atoms with van der Waals surface area (Å²) >= 11 is 0. The van der Waals surface area contributed by atoms with Crippen molar-refractivity contribution < 1.29 is 13.2 Å². The van der Waals surface area contributed by atoms with Gasteiger partial charge in [0.2, 0.25) is 5.91 Å². The predicted molar refractivity (Wildman–Crippen MR) is 106 cm³/mol. The van der Waals surface area contributed by atoms with Crippen molar-refractivity contribution in [1.82, 2.24) is 15.2 Å². The van der Waals surface area contributed by atoms with Crippen LogP contribution >= 0.6 is 0 Å². The van der Waals surface area contributed by atoms with E-state index < -0.39 is 9.84 Å². The van der Waals surface area contributed by atoms with Crippen LogP contribution in [0.4, 0.5) is 0 Å². The van der Waals surface area contributed by atoms with Gasteiger partial charge in [-0.2, -0.15) is 0 Å². The van der Waals surface area contributed by atoms with Gasteiger partial charge >= 0.3 is 0 Å². The number of aryl methyl sites for hydroxylation is 1. The second-order valence-electron chi connectivity index (χ2n) is 7.77. The third-order valence-electron chi connectivity index (χ3n) is 5.80. The Bertz CT molecular complexity index is 915. The maximum atomic E-state index is 12.4. The highest BCUT2D eigenvalue weighted by Gasteiger charge is 2.42. The highest BCUT2D eigenvalue weighted by atomic mass is 32.2.